The molecule has 0 spiro atoms. The summed E-state index contributed by atoms with van der Waals surface area (Å²) < 4.78 is 5.32. The number of carbonyl (C=O) groups excluding carboxylic acids is 2. The second-order valence-electron chi connectivity index (χ2n) is 5.05. The van der Waals surface area contributed by atoms with Gasteiger partial charge in [-0.1, -0.05) is 13.0 Å². The van der Waals surface area contributed by atoms with E-state index in [0.29, 0.717) is 23.7 Å². The van der Waals surface area contributed by atoms with E-state index in [1.165, 1.54) is 0 Å². The zero-order chi connectivity index (χ0) is 17.4. The van der Waals surface area contributed by atoms with Gasteiger partial charge in [0.05, 0.1) is 13.2 Å². The Morgan fingerprint density at radius 1 is 1.12 bits per heavy atom. The summed E-state index contributed by atoms with van der Waals surface area (Å²) in [4.78, 5) is 28.2. The number of rotatable bonds is 7. The molecular formula is C18H21N3O3. The number of nitrogens with zero attached hydrogens (tertiary/aromatic N) is 1. The lowest BCUT2D eigenvalue weighted by Crippen LogP contribution is -2.33. The number of benzene rings is 1. The second-order valence-corrected chi connectivity index (χ2v) is 5.05. The lowest BCUT2D eigenvalue weighted by atomic mass is 10.2. The van der Waals surface area contributed by atoms with Crippen molar-refractivity contribution in [3.05, 3.63) is 53.7 Å². The third kappa shape index (κ3) is 4.81. The molecule has 0 radical (unpaired) electrons. The molecule has 0 saturated carbocycles. The van der Waals surface area contributed by atoms with Gasteiger partial charge in [0, 0.05) is 11.8 Å². The minimum absolute atomic E-state index is 0.119. The smallest absolute Gasteiger partial charge is 0.251 e. The van der Waals surface area contributed by atoms with Gasteiger partial charge in [-0.3, -0.25) is 9.59 Å². The molecule has 1 aromatic carbocycles. The Morgan fingerprint density at radius 3 is 2.54 bits per heavy atom. The predicted octanol–water partition coefficient (Wildman–Crippen LogP) is 2.41. The van der Waals surface area contributed by atoms with E-state index in [-0.39, 0.29) is 18.4 Å². The number of aromatic nitrogens is 1. The van der Waals surface area contributed by atoms with E-state index < -0.39 is 0 Å². The number of hydrogen-bond donors (Lipinski definition) is 2. The monoisotopic (exact) mass is 327 g/mol. The van der Waals surface area contributed by atoms with Gasteiger partial charge >= 0.3 is 0 Å². The van der Waals surface area contributed by atoms with Gasteiger partial charge in [0.2, 0.25) is 5.91 Å². The number of carbonyl (C=O) groups is 2. The molecule has 0 fully saturated rings. The normalized spacial score (nSPS) is 10.1. The lowest BCUT2D eigenvalue weighted by Gasteiger charge is -2.09. The van der Waals surface area contributed by atoms with Crippen LogP contribution in [0.1, 0.15) is 29.8 Å². The van der Waals surface area contributed by atoms with Crippen molar-refractivity contribution in [2.24, 2.45) is 0 Å². The molecule has 0 aliphatic carbocycles. The van der Waals surface area contributed by atoms with Gasteiger partial charge in [0.25, 0.3) is 5.91 Å². The highest BCUT2D eigenvalue weighted by molar-refractivity contribution is 5.99. The van der Waals surface area contributed by atoms with Gasteiger partial charge in [-0.05, 0) is 49.2 Å². The van der Waals surface area contributed by atoms with E-state index in [1.807, 2.05) is 26.0 Å². The van der Waals surface area contributed by atoms with Crippen LogP contribution in [-0.4, -0.2) is 29.9 Å². The summed E-state index contributed by atoms with van der Waals surface area (Å²) in [5.41, 5.74) is 1.42. The van der Waals surface area contributed by atoms with Crippen LogP contribution in [0.15, 0.2) is 42.6 Å². The highest BCUT2D eigenvalue weighted by Crippen LogP contribution is 2.12. The summed E-state index contributed by atoms with van der Waals surface area (Å²) in [5, 5.41) is 5.30. The molecular weight excluding hydrogens is 306 g/mol. The molecule has 2 rings (SSSR count). The SMILES string of the molecule is CCOc1ccc(C(=O)NCC(=O)Nc2ncccc2CC)cc1. The van der Waals surface area contributed by atoms with E-state index >= 15 is 0 Å². The molecule has 0 aliphatic heterocycles. The minimum Gasteiger partial charge on any atom is -0.494 e. The van der Waals surface area contributed by atoms with E-state index in [9.17, 15) is 9.59 Å². The van der Waals surface area contributed by atoms with Crippen molar-refractivity contribution in [1.29, 1.82) is 0 Å². The van der Waals surface area contributed by atoms with Crippen LogP contribution in [0.2, 0.25) is 0 Å². The molecule has 126 valence electrons. The van der Waals surface area contributed by atoms with Crippen molar-refractivity contribution in [2.75, 3.05) is 18.5 Å². The van der Waals surface area contributed by atoms with Gasteiger partial charge in [-0.2, -0.15) is 0 Å². The van der Waals surface area contributed by atoms with Gasteiger partial charge in [0.15, 0.2) is 0 Å². The van der Waals surface area contributed by atoms with Crippen LogP contribution in [-0.2, 0) is 11.2 Å². The number of anilines is 1. The first-order valence-corrected chi connectivity index (χ1v) is 7.88. The molecule has 0 unspecified atom stereocenters. The van der Waals surface area contributed by atoms with Crippen LogP contribution < -0.4 is 15.4 Å². The summed E-state index contributed by atoms with van der Waals surface area (Å²) >= 11 is 0. The molecule has 1 heterocycles. The Labute approximate surface area is 141 Å². The molecule has 24 heavy (non-hydrogen) atoms. The number of ether oxygens (including phenoxy) is 1. The summed E-state index contributed by atoms with van der Waals surface area (Å²) in [7, 11) is 0. The fourth-order valence-corrected chi connectivity index (χ4v) is 2.14. The zero-order valence-electron chi connectivity index (χ0n) is 13.8. The van der Waals surface area contributed by atoms with E-state index in [4.69, 9.17) is 4.74 Å². The Hall–Kier alpha value is -2.89. The van der Waals surface area contributed by atoms with Crippen LogP contribution in [0.5, 0.6) is 5.75 Å². The largest absolute Gasteiger partial charge is 0.494 e. The molecule has 2 aromatic rings. The van der Waals surface area contributed by atoms with Crippen molar-refractivity contribution in [1.82, 2.24) is 10.3 Å². The summed E-state index contributed by atoms with van der Waals surface area (Å²) in [6, 6.07) is 10.5. The number of aryl methyl sites for hydroxylation is 1. The first-order chi connectivity index (χ1) is 11.6. The van der Waals surface area contributed by atoms with Gasteiger partial charge < -0.3 is 15.4 Å². The van der Waals surface area contributed by atoms with Gasteiger partial charge in [-0.25, -0.2) is 4.98 Å². The molecule has 0 aliphatic rings. The van der Waals surface area contributed by atoms with Crippen molar-refractivity contribution in [3.8, 4) is 5.75 Å². The molecule has 6 nitrogen and oxygen atoms in total. The number of hydrogen-bond acceptors (Lipinski definition) is 4. The van der Waals surface area contributed by atoms with Crippen LogP contribution in [0.25, 0.3) is 0 Å². The highest BCUT2D eigenvalue weighted by Gasteiger charge is 2.10. The average molecular weight is 327 g/mol. The Bertz CT molecular complexity index is 699. The molecule has 0 bridgehead atoms. The van der Waals surface area contributed by atoms with E-state index in [0.717, 1.165) is 12.0 Å². The fourth-order valence-electron chi connectivity index (χ4n) is 2.14. The molecule has 2 amide bonds. The predicted molar refractivity (Wildman–Crippen MR) is 92.2 cm³/mol. The maximum Gasteiger partial charge on any atom is 0.251 e. The van der Waals surface area contributed by atoms with Crippen LogP contribution in [0, 0.1) is 0 Å². The fraction of sp³-hybridized carbons (Fsp3) is 0.278. The van der Waals surface area contributed by atoms with Gasteiger partial charge in [0.1, 0.15) is 11.6 Å². The molecule has 0 saturated heterocycles. The summed E-state index contributed by atoms with van der Waals surface area (Å²) in [6.07, 6.45) is 2.38. The third-order valence-electron chi connectivity index (χ3n) is 3.37. The number of nitrogens with one attached hydrogen (secondary N) is 2. The molecule has 6 heteroatoms. The highest BCUT2D eigenvalue weighted by atomic mass is 16.5. The first kappa shape index (κ1) is 17.5. The quantitative estimate of drug-likeness (QED) is 0.818. The second kappa shape index (κ2) is 8.67. The van der Waals surface area contributed by atoms with Crippen LogP contribution >= 0.6 is 0 Å². The Balaban J connectivity index is 1.87. The standard InChI is InChI=1S/C18H21N3O3/c1-3-13-6-5-11-19-17(13)21-16(22)12-20-18(23)14-7-9-15(10-8-14)24-4-2/h5-11H,3-4,12H2,1-2H3,(H,20,23)(H,19,21,22). The van der Waals surface area contributed by atoms with Crippen LogP contribution in [0.3, 0.4) is 0 Å². The zero-order valence-corrected chi connectivity index (χ0v) is 13.8. The van der Waals surface area contributed by atoms with Crippen molar-refractivity contribution >= 4 is 17.6 Å². The summed E-state index contributed by atoms with van der Waals surface area (Å²) in [6.45, 7) is 4.33. The first-order valence-electron chi connectivity index (χ1n) is 7.88. The minimum atomic E-state index is -0.317. The Kier molecular flexibility index (Phi) is 6.31. The molecule has 0 atom stereocenters. The van der Waals surface area contributed by atoms with E-state index in [1.54, 1.807) is 30.5 Å². The topological polar surface area (TPSA) is 80.3 Å². The van der Waals surface area contributed by atoms with Crippen molar-refractivity contribution in [2.45, 2.75) is 20.3 Å². The summed E-state index contributed by atoms with van der Waals surface area (Å²) in [5.74, 6) is 0.599. The third-order valence-corrected chi connectivity index (χ3v) is 3.37. The average Bonchev–Trinajstić information content (AvgIpc) is 2.61. The maximum atomic E-state index is 12.0. The maximum absolute atomic E-state index is 12.0. The van der Waals surface area contributed by atoms with E-state index in [2.05, 4.69) is 15.6 Å². The van der Waals surface area contributed by atoms with Crippen molar-refractivity contribution < 1.29 is 14.3 Å². The Morgan fingerprint density at radius 2 is 1.88 bits per heavy atom. The van der Waals surface area contributed by atoms with Gasteiger partial charge in [-0.15, -0.1) is 0 Å². The molecule has 2 N–H and O–H groups in total. The molecule has 1 aromatic heterocycles. The number of pyridine rings is 1. The number of amides is 2. The lowest BCUT2D eigenvalue weighted by molar-refractivity contribution is -0.115. The van der Waals surface area contributed by atoms with Crippen LogP contribution in [0.4, 0.5) is 5.82 Å². The van der Waals surface area contributed by atoms with Crippen molar-refractivity contribution in [3.63, 3.8) is 0 Å².